The molecule has 0 bridgehead atoms. The Balaban J connectivity index is 1.40. The van der Waals surface area contributed by atoms with Gasteiger partial charge < -0.3 is 15.1 Å². The SMILES string of the molecule is CC1CCN(c2ccc([N+](=O)[O-])cc2C(=O)NCc2ccc(CN3CCN(C)CC3)cc2)CC1. The number of carbonyl (C=O) groups is 1. The van der Waals surface area contributed by atoms with Gasteiger partial charge in [-0.05, 0) is 43.0 Å². The molecule has 0 atom stereocenters. The van der Waals surface area contributed by atoms with Crippen molar-refractivity contribution in [1.82, 2.24) is 15.1 Å². The number of nitrogens with one attached hydrogen (secondary N) is 1. The van der Waals surface area contributed by atoms with E-state index in [2.05, 4.69) is 46.1 Å². The minimum atomic E-state index is -0.446. The van der Waals surface area contributed by atoms with Gasteiger partial charge in [0.1, 0.15) is 0 Å². The molecule has 2 aliphatic rings. The van der Waals surface area contributed by atoms with E-state index in [0.717, 1.165) is 69.9 Å². The van der Waals surface area contributed by atoms with Crippen molar-refractivity contribution < 1.29 is 9.72 Å². The number of nitro benzene ring substituents is 1. The number of anilines is 1. The summed E-state index contributed by atoms with van der Waals surface area (Å²) in [5.41, 5.74) is 3.36. The van der Waals surface area contributed by atoms with Crippen LogP contribution < -0.4 is 10.2 Å². The summed E-state index contributed by atoms with van der Waals surface area (Å²) in [6, 6.07) is 12.9. The van der Waals surface area contributed by atoms with Gasteiger partial charge in [0.25, 0.3) is 11.6 Å². The molecule has 182 valence electrons. The van der Waals surface area contributed by atoms with Crippen molar-refractivity contribution in [3.05, 3.63) is 69.3 Å². The second-order valence-corrected chi connectivity index (χ2v) is 9.71. The van der Waals surface area contributed by atoms with Crippen LogP contribution in [0, 0.1) is 16.0 Å². The third-order valence-electron chi connectivity index (χ3n) is 7.04. The molecule has 2 aromatic rings. The fourth-order valence-corrected chi connectivity index (χ4v) is 4.65. The normalized spacial score (nSPS) is 18.1. The number of rotatable bonds is 7. The van der Waals surface area contributed by atoms with Gasteiger partial charge in [-0.25, -0.2) is 0 Å². The first-order valence-electron chi connectivity index (χ1n) is 12.2. The molecular weight excluding hydrogens is 430 g/mol. The van der Waals surface area contributed by atoms with Crippen LogP contribution in [0.15, 0.2) is 42.5 Å². The number of likely N-dealkylation sites (N-methyl/N-ethyl adjacent to an activating group) is 1. The maximum absolute atomic E-state index is 13.1. The molecule has 1 N–H and O–H groups in total. The first kappa shape index (κ1) is 24.2. The number of benzene rings is 2. The van der Waals surface area contributed by atoms with Crippen molar-refractivity contribution in [2.24, 2.45) is 5.92 Å². The summed E-state index contributed by atoms with van der Waals surface area (Å²) in [6.45, 7) is 9.62. The summed E-state index contributed by atoms with van der Waals surface area (Å²) in [4.78, 5) is 31.0. The summed E-state index contributed by atoms with van der Waals surface area (Å²) in [7, 11) is 2.16. The van der Waals surface area contributed by atoms with Gasteiger partial charge in [-0.15, -0.1) is 0 Å². The highest BCUT2D eigenvalue weighted by Gasteiger charge is 2.23. The molecular formula is C26H35N5O3. The average molecular weight is 466 g/mol. The van der Waals surface area contributed by atoms with Gasteiger partial charge in [-0.3, -0.25) is 19.8 Å². The van der Waals surface area contributed by atoms with E-state index in [1.54, 1.807) is 6.07 Å². The van der Waals surface area contributed by atoms with E-state index < -0.39 is 4.92 Å². The Labute approximate surface area is 201 Å². The predicted octanol–water partition coefficient (Wildman–Crippen LogP) is 3.51. The van der Waals surface area contributed by atoms with Crippen LogP contribution >= 0.6 is 0 Å². The number of carbonyl (C=O) groups excluding carboxylic acids is 1. The minimum absolute atomic E-state index is 0.0625. The highest BCUT2D eigenvalue weighted by atomic mass is 16.6. The van der Waals surface area contributed by atoms with Crippen LogP contribution in [0.5, 0.6) is 0 Å². The third-order valence-corrected chi connectivity index (χ3v) is 7.04. The predicted molar refractivity (Wildman–Crippen MR) is 134 cm³/mol. The molecule has 0 saturated carbocycles. The van der Waals surface area contributed by atoms with Gasteiger partial charge in [0.2, 0.25) is 0 Å². The molecule has 1 amide bonds. The summed E-state index contributed by atoms with van der Waals surface area (Å²) in [6.07, 6.45) is 2.11. The molecule has 0 spiro atoms. The van der Waals surface area contributed by atoms with Gasteiger partial charge in [0.15, 0.2) is 0 Å². The largest absolute Gasteiger partial charge is 0.371 e. The van der Waals surface area contributed by atoms with Crippen molar-refractivity contribution in [2.45, 2.75) is 32.9 Å². The molecule has 8 heteroatoms. The number of non-ortho nitro benzene ring substituents is 1. The Morgan fingerprint density at radius 1 is 1.00 bits per heavy atom. The summed E-state index contributed by atoms with van der Waals surface area (Å²) < 4.78 is 0. The number of nitrogens with zero attached hydrogens (tertiary/aromatic N) is 4. The van der Waals surface area contributed by atoms with Gasteiger partial charge in [0, 0.05) is 64.5 Å². The molecule has 8 nitrogen and oxygen atoms in total. The van der Waals surface area contributed by atoms with Gasteiger partial charge in [-0.2, -0.15) is 0 Å². The van der Waals surface area contributed by atoms with E-state index in [1.165, 1.54) is 17.7 Å². The van der Waals surface area contributed by atoms with Crippen molar-refractivity contribution in [2.75, 3.05) is 51.2 Å². The standard InChI is InChI=1S/C26H35N5O3/c1-20-9-11-30(12-10-20)25-8-7-23(31(33)34)17-24(25)26(32)27-18-21-3-5-22(6-4-21)19-29-15-13-28(2)14-16-29/h3-8,17,20H,9-16,18-19H2,1-2H3,(H,27,32). The Kier molecular flexibility index (Phi) is 7.80. The van der Waals surface area contributed by atoms with Crippen molar-refractivity contribution in [1.29, 1.82) is 0 Å². The Morgan fingerprint density at radius 2 is 1.65 bits per heavy atom. The van der Waals surface area contributed by atoms with Gasteiger partial charge in [0.05, 0.1) is 16.2 Å². The smallest absolute Gasteiger partial charge is 0.270 e. The third kappa shape index (κ3) is 6.12. The summed E-state index contributed by atoms with van der Waals surface area (Å²) in [5, 5.41) is 14.3. The van der Waals surface area contributed by atoms with Gasteiger partial charge in [-0.1, -0.05) is 31.2 Å². The zero-order chi connectivity index (χ0) is 24.1. The fourth-order valence-electron chi connectivity index (χ4n) is 4.65. The molecule has 0 radical (unpaired) electrons. The lowest BCUT2D eigenvalue weighted by Crippen LogP contribution is -2.43. The maximum atomic E-state index is 13.1. The second-order valence-electron chi connectivity index (χ2n) is 9.71. The summed E-state index contributed by atoms with van der Waals surface area (Å²) in [5.74, 6) is 0.379. The van der Waals surface area contributed by atoms with Crippen LogP contribution in [0.25, 0.3) is 0 Å². The molecule has 2 heterocycles. The number of nitro groups is 1. The van der Waals surface area contributed by atoms with E-state index in [-0.39, 0.29) is 11.6 Å². The van der Waals surface area contributed by atoms with Crippen molar-refractivity contribution in [3.8, 4) is 0 Å². The lowest BCUT2D eigenvalue weighted by molar-refractivity contribution is -0.384. The van der Waals surface area contributed by atoms with Crippen LogP contribution in [0.3, 0.4) is 0 Å². The monoisotopic (exact) mass is 465 g/mol. The highest BCUT2D eigenvalue weighted by molar-refractivity contribution is 6.00. The number of amides is 1. The Hall–Kier alpha value is -2.97. The number of hydrogen-bond donors (Lipinski definition) is 1. The summed E-state index contributed by atoms with van der Waals surface area (Å²) >= 11 is 0. The molecule has 2 fully saturated rings. The lowest BCUT2D eigenvalue weighted by atomic mass is 9.98. The van der Waals surface area contributed by atoms with Crippen LogP contribution in [0.2, 0.25) is 0 Å². The first-order valence-corrected chi connectivity index (χ1v) is 12.2. The molecule has 0 aromatic heterocycles. The number of piperazine rings is 1. The van der Waals surface area contributed by atoms with E-state index >= 15 is 0 Å². The first-order chi connectivity index (χ1) is 16.4. The van der Waals surface area contributed by atoms with E-state index in [1.807, 2.05) is 12.1 Å². The van der Waals surface area contributed by atoms with E-state index in [9.17, 15) is 14.9 Å². The van der Waals surface area contributed by atoms with Crippen LogP contribution in [0.4, 0.5) is 11.4 Å². The minimum Gasteiger partial charge on any atom is -0.371 e. The second kappa shape index (κ2) is 11.0. The topological polar surface area (TPSA) is 82.0 Å². The van der Waals surface area contributed by atoms with E-state index in [0.29, 0.717) is 18.0 Å². The quantitative estimate of drug-likeness (QED) is 0.498. The van der Waals surface area contributed by atoms with E-state index in [4.69, 9.17) is 0 Å². The van der Waals surface area contributed by atoms with Crippen LogP contribution in [0.1, 0.15) is 41.3 Å². The number of hydrogen-bond acceptors (Lipinski definition) is 6. The zero-order valence-electron chi connectivity index (χ0n) is 20.2. The fraction of sp³-hybridized carbons (Fsp3) is 0.500. The van der Waals surface area contributed by atoms with Crippen molar-refractivity contribution in [3.63, 3.8) is 0 Å². The molecule has 4 rings (SSSR count). The molecule has 0 unspecified atom stereocenters. The Morgan fingerprint density at radius 3 is 2.29 bits per heavy atom. The maximum Gasteiger partial charge on any atom is 0.270 e. The van der Waals surface area contributed by atoms with Crippen LogP contribution in [-0.4, -0.2) is 66.9 Å². The van der Waals surface area contributed by atoms with Crippen LogP contribution in [-0.2, 0) is 13.1 Å². The molecule has 2 aliphatic heterocycles. The lowest BCUT2D eigenvalue weighted by Gasteiger charge is -2.33. The van der Waals surface area contributed by atoms with Crippen molar-refractivity contribution >= 4 is 17.3 Å². The van der Waals surface area contributed by atoms with Gasteiger partial charge >= 0.3 is 0 Å². The average Bonchev–Trinajstić information content (AvgIpc) is 2.85. The molecule has 2 aromatic carbocycles. The Bertz CT molecular complexity index is 994. The highest BCUT2D eigenvalue weighted by Crippen LogP contribution is 2.29. The molecule has 0 aliphatic carbocycles. The molecule has 2 saturated heterocycles. The molecule has 34 heavy (non-hydrogen) atoms. The zero-order valence-corrected chi connectivity index (χ0v) is 20.2. The number of piperidine rings is 1.